The monoisotopic (exact) mass is 306 g/mol. The third-order valence-corrected chi connectivity index (χ3v) is 3.24. The minimum atomic E-state index is -0.700. The van der Waals surface area contributed by atoms with Crippen molar-refractivity contribution >= 4 is 17.5 Å². The summed E-state index contributed by atoms with van der Waals surface area (Å²) >= 11 is 0. The molecule has 0 saturated heterocycles. The van der Waals surface area contributed by atoms with E-state index in [4.69, 9.17) is 5.73 Å². The van der Waals surface area contributed by atoms with Crippen LogP contribution in [0.2, 0.25) is 0 Å². The first-order valence-corrected chi connectivity index (χ1v) is 7.10. The van der Waals surface area contributed by atoms with Gasteiger partial charge in [0.25, 0.3) is 0 Å². The van der Waals surface area contributed by atoms with Crippen LogP contribution in [0.1, 0.15) is 26.3 Å². The molecule has 2 amide bonds. The highest BCUT2D eigenvalue weighted by Gasteiger charge is 2.22. The fraction of sp³-hybridized carbons (Fsp3) is 0.467. The van der Waals surface area contributed by atoms with E-state index < -0.39 is 12.1 Å². The number of carbonyl (C=O) groups excluding carboxylic acids is 2. The van der Waals surface area contributed by atoms with Crippen LogP contribution in [0.15, 0.2) is 29.4 Å². The Bertz CT molecular complexity index is 528. The van der Waals surface area contributed by atoms with E-state index in [0.29, 0.717) is 5.69 Å². The standard InChI is InChI=1S/C15H22N4O3/c1-9(2)13(16)15(21)18-10(3)14(20)19-12-6-4-11(5-7-12)8-17-22/h4-7,9-10,13H,8,16H2,1-3H3,(H,18,21)(H,19,20)/t10-,13-/m0/s1. The van der Waals surface area contributed by atoms with E-state index in [1.807, 2.05) is 13.8 Å². The van der Waals surface area contributed by atoms with Crippen LogP contribution in [0.25, 0.3) is 0 Å². The largest absolute Gasteiger partial charge is 0.343 e. The molecule has 0 bridgehead atoms. The molecule has 1 aromatic carbocycles. The topological polar surface area (TPSA) is 114 Å². The Morgan fingerprint density at radius 1 is 1.14 bits per heavy atom. The molecule has 0 unspecified atom stereocenters. The van der Waals surface area contributed by atoms with Crippen molar-refractivity contribution in [2.24, 2.45) is 16.8 Å². The smallest absolute Gasteiger partial charge is 0.246 e. The van der Waals surface area contributed by atoms with E-state index in [9.17, 15) is 14.5 Å². The van der Waals surface area contributed by atoms with E-state index in [0.717, 1.165) is 5.56 Å². The highest BCUT2D eigenvalue weighted by molar-refractivity contribution is 5.97. The normalized spacial score (nSPS) is 13.3. The Morgan fingerprint density at radius 2 is 1.73 bits per heavy atom. The highest BCUT2D eigenvalue weighted by atomic mass is 16.3. The quantitative estimate of drug-likeness (QED) is 0.660. The summed E-state index contributed by atoms with van der Waals surface area (Å²) in [6.45, 7) is 5.36. The molecule has 1 aromatic rings. The number of nitroso groups, excluding NO2 is 1. The maximum Gasteiger partial charge on any atom is 0.246 e. The van der Waals surface area contributed by atoms with Gasteiger partial charge in [0.15, 0.2) is 0 Å². The Balaban J connectivity index is 2.56. The number of nitrogens with zero attached hydrogens (tertiary/aromatic N) is 1. The first kappa shape index (κ1) is 17.8. The Kier molecular flexibility index (Phi) is 6.65. The van der Waals surface area contributed by atoms with Gasteiger partial charge in [0.1, 0.15) is 12.6 Å². The highest BCUT2D eigenvalue weighted by Crippen LogP contribution is 2.10. The predicted octanol–water partition coefficient (Wildman–Crippen LogP) is 1.38. The summed E-state index contributed by atoms with van der Waals surface area (Å²) < 4.78 is 0. The van der Waals surface area contributed by atoms with E-state index >= 15 is 0 Å². The maximum absolute atomic E-state index is 12.0. The van der Waals surface area contributed by atoms with Gasteiger partial charge in [-0.15, -0.1) is 0 Å². The van der Waals surface area contributed by atoms with E-state index in [-0.39, 0.29) is 24.3 Å². The molecule has 7 nitrogen and oxygen atoms in total. The van der Waals surface area contributed by atoms with Crippen molar-refractivity contribution in [3.05, 3.63) is 34.7 Å². The third-order valence-electron chi connectivity index (χ3n) is 3.24. The number of anilines is 1. The predicted molar refractivity (Wildman–Crippen MR) is 85.0 cm³/mol. The number of nitrogens with one attached hydrogen (secondary N) is 2. The summed E-state index contributed by atoms with van der Waals surface area (Å²) in [6.07, 6.45) is 0. The maximum atomic E-state index is 12.0. The number of carbonyl (C=O) groups is 2. The van der Waals surface area contributed by atoms with Gasteiger partial charge in [0.05, 0.1) is 6.04 Å². The number of amides is 2. The summed E-state index contributed by atoms with van der Waals surface area (Å²) in [4.78, 5) is 34.0. The van der Waals surface area contributed by atoms with Crippen LogP contribution in [0, 0.1) is 10.8 Å². The molecule has 22 heavy (non-hydrogen) atoms. The van der Waals surface area contributed by atoms with Gasteiger partial charge in [-0.1, -0.05) is 31.2 Å². The number of hydrogen-bond donors (Lipinski definition) is 3. The molecule has 0 aromatic heterocycles. The van der Waals surface area contributed by atoms with Gasteiger partial charge in [-0.25, -0.2) is 0 Å². The van der Waals surface area contributed by atoms with Gasteiger partial charge in [0.2, 0.25) is 11.8 Å². The van der Waals surface area contributed by atoms with E-state index in [2.05, 4.69) is 15.8 Å². The summed E-state index contributed by atoms with van der Waals surface area (Å²) in [5.41, 5.74) is 7.07. The third kappa shape index (κ3) is 5.25. The molecule has 1 rings (SSSR count). The van der Waals surface area contributed by atoms with E-state index in [1.165, 1.54) is 0 Å². The molecule has 0 spiro atoms. The second-order valence-electron chi connectivity index (χ2n) is 5.47. The molecule has 0 aliphatic carbocycles. The summed E-state index contributed by atoms with van der Waals surface area (Å²) in [5, 5.41) is 8.05. The SMILES string of the molecule is CC(C)[C@H](N)C(=O)N[C@@H](C)C(=O)Nc1ccc(CN=O)cc1. The zero-order valence-corrected chi connectivity index (χ0v) is 13.0. The van der Waals surface area contributed by atoms with Crippen molar-refractivity contribution in [3.8, 4) is 0 Å². The first-order valence-electron chi connectivity index (χ1n) is 7.10. The number of hydrogen-bond acceptors (Lipinski definition) is 5. The van der Waals surface area contributed by atoms with Gasteiger partial charge in [-0.3, -0.25) is 9.59 Å². The Hall–Kier alpha value is -2.28. The zero-order chi connectivity index (χ0) is 16.7. The van der Waals surface area contributed by atoms with Gasteiger partial charge in [-0.2, -0.15) is 4.91 Å². The van der Waals surface area contributed by atoms with Crippen LogP contribution < -0.4 is 16.4 Å². The number of rotatable bonds is 7. The lowest BCUT2D eigenvalue weighted by Gasteiger charge is -2.19. The van der Waals surface area contributed by atoms with Crippen LogP contribution in [0.5, 0.6) is 0 Å². The molecule has 0 radical (unpaired) electrons. The lowest BCUT2D eigenvalue weighted by atomic mass is 10.0. The molecule has 0 fully saturated rings. The van der Waals surface area contributed by atoms with Crippen LogP contribution >= 0.6 is 0 Å². The van der Waals surface area contributed by atoms with Gasteiger partial charge in [0, 0.05) is 5.69 Å². The van der Waals surface area contributed by atoms with Gasteiger partial charge >= 0.3 is 0 Å². The van der Waals surface area contributed by atoms with Crippen LogP contribution in [0.3, 0.4) is 0 Å². The minimum absolute atomic E-state index is 0.00534. The molecule has 2 atom stereocenters. The molecule has 0 saturated carbocycles. The lowest BCUT2D eigenvalue weighted by Crippen LogP contribution is -2.50. The Morgan fingerprint density at radius 3 is 2.23 bits per heavy atom. The van der Waals surface area contributed by atoms with Crippen molar-refractivity contribution in [1.29, 1.82) is 0 Å². The average molecular weight is 306 g/mol. The first-order chi connectivity index (χ1) is 10.3. The molecule has 0 heterocycles. The van der Waals surface area contributed by atoms with Crippen molar-refractivity contribution < 1.29 is 9.59 Å². The molecule has 4 N–H and O–H groups in total. The van der Waals surface area contributed by atoms with Crippen molar-refractivity contribution in [2.75, 3.05) is 5.32 Å². The zero-order valence-electron chi connectivity index (χ0n) is 13.0. The number of benzene rings is 1. The van der Waals surface area contributed by atoms with Crippen LogP contribution in [-0.4, -0.2) is 23.9 Å². The van der Waals surface area contributed by atoms with Crippen LogP contribution in [0.4, 0.5) is 5.69 Å². The van der Waals surface area contributed by atoms with Crippen molar-refractivity contribution in [2.45, 2.75) is 39.4 Å². The fourth-order valence-electron chi connectivity index (χ4n) is 1.70. The molecule has 120 valence electrons. The van der Waals surface area contributed by atoms with Crippen LogP contribution in [-0.2, 0) is 16.1 Å². The second-order valence-corrected chi connectivity index (χ2v) is 5.47. The molecule has 0 aliphatic heterocycles. The van der Waals surface area contributed by atoms with E-state index in [1.54, 1.807) is 31.2 Å². The molecular formula is C15H22N4O3. The molecular weight excluding hydrogens is 284 g/mol. The number of nitrogens with two attached hydrogens (primary N) is 1. The van der Waals surface area contributed by atoms with Crippen molar-refractivity contribution in [1.82, 2.24) is 5.32 Å². The van der Waals surface area contributed by atoms with Crippen molar-refractivity contribution in [3.63, 3.8) is 0 Å². The summed E-state index contributed by atoms with van der Waals surface area (Å²) in [5.74, 6) is -0.704. The summed E-state index contributed by atoms with van der Waals surface area (Å²) in [6, 6.07) is 5.41. The fourth-order valence-corrected chi connectivity index (χ4v) is 1.70. The summed E-state index contributed by atoms with van der Waals surface area (Å²) in [7, 11) is 0. The molecule has 0 aliphatic rings. The lowest BCUT2D eigenvalue weighted by molar-refractivity contribution is -0.127. The van der Waals surface area contributed by atoms with Gasteiger partial charge in [-0.05, 0) is 30.5 Å². The second kappa shape index (κ2) is 8.23. The average Bonchev–Trinajstić information content (AvgIpc) is 2.48. The van der Waals surface area contributed by atoms with Gasteiger partial charge < -0.3 is 16.4 Å². The minimum Gasteiger partial charge on any atom is -0.343 e. The Labute approximate surface area is 129 Å². The molecule has 7 heteroatoms.